The molecular formula is C24H50NO3+. The molecule has 0 saturated carbocycles. The first-order valence-electron chi connectivity index (χ1n) is 12.1. The van der Waals surface area contributed by atoms with Gasteiger partial charge in [0.2, 0.25) is 0 Å². The molecule has 0 atom stereocenters. The van der Waals surface area contributed by atoms with Crippen LogP contribution in [-0.4, -0.2) is 51.0 Å². The Balaban J connectivity index is 3.49. The van der Waals surface area contributed by atoms with Crippen LogP contribution in [0.1, 0.15) is 110 Å². The van der Waals surface area contributed by atoms with Crippen molar-refractivity contribution in [2.75, 3.05) is 40.6 Å². The largest absolute Gasteiger partial charge is 0.460 e. The summed E-state index contributed by atoms with van der Waals surface area (Å²) in [6.07, 6.45) is 18.3. The van der Waals surface area contributed by atoms with Gasteiger partial charge in [-0.15, -0.1) is 0 Å². The van der Waals surface area contributed by atoms with Crippen LogP contribution >= 0.6 is 0 Å². The lowest BCUT2D eigenvalue weighted by atomic mass is 10.1. The van der Waals surface area contributed by atoms with E-state index in [0.29, 0.717) is 19.8 Å². The number of carbonyl (C=O) groups excluding carboxylic acids is 1. The average Bonchev–Trinajstić information content (AvgIpc) is 2.66. The van der Waals surface area contributed by atoms with E-state index in [9.17, 15) is 4.79 Å². The monoisotopic (exact) mass is 400 g/mol. The Kier molecular flexibility index (Phi) is 19.3. The number of rotatable bonds is 21. The van der Waals surface area contributed by atoms with Crippen molar-refractivity contribution < 1.29 is 18.8 Å². The third-order valence-corrected chi connectivity index (χ3v) is 5.28. The van der Waals surface area contributed by atoms with Crippen molar-refractivity contribution in [3.63, 3.8) is 0 Å². The first-order chi connectivity index (χ1) is 13.5. The van der Waals surface area contributed by atoms with Gasteiger partial charge in [-0.3, -0.25) is 4.79 Å². The minimum atomic E-state index is -0.0439. The summed E-state index contributed by atoms with van der Waals surface area (Å²) >= 11 is 0. The van der Waals surface area contributed by atoms with E-state index >= 15 is 0 Å². The van der Waals surface area contributed by atoms with Crippen LogP contribution in [0.4, 0.5) is 0 Å². The van der Waals surface area contributed by atoms with Crippen LogP contribution in [0.5, 0.6) is 0 Å². The lowest BCUT2D eigenvalue weighted by molar-refractivity contribution is -0.909. The molecule has 0 aliphatic carbocycles. The third kappa shape index (κ3) is 20.1. The maximum absolute atomic E-state index is 11.8. The van der Waals surface area contributed by atoms with Crippen molar-refractivity contribution >= 4 is 5.97 Å². The zero-order valence-electron chi connectivity index (χ0n) is 19.6. The maximum atomic E-state index is 11.8. The highest BCUT2D eigenvalue weighted by Gasteiger charge is 2.16. The number of hydrogen-bond donors (Lipinski definition) is 0. The highest BCUT2D eigenvalue weighted by molar-refractivity contribution is 5.69. The van der Waals surface area contributed by atoms with Gasteiger partial charge in [-0.2, -0.15) is 0 Å². The molecule has 168 valence electrons. The summed E-state index contributed by atoms with van der Waals surface area (Å²) in [4.78, 5) is 11.8. The van der Waals surface area contributed by atoms with Gasteiger partial charge in [0, 0.05) is 6.42 Å². The van der Waals surface area contributed by atoms with Crippen LogP contribution in [0.15, 0.2) is 0 Å². The molecule has 0 bridgehead atoms. The van der Waals surface area contributed by atoms with Crippen LogP contribution in [0.2, 0.25) is 0 Å². The quantitative estimate of drug-likeness (QED) is 0.0958. The van der Waals surface area contributed by atoms with E-state index in [-0.39, 0.29) is 5.97 Å². The van der Waals surface area contributed by atoms with Gasteiger partial charge in [0.1, 0.15) is 13.2 Å². The molecule has 0 aliphatic heterocycles. The molecule has 0 aromatic rings. The summed E-state index contributed by atoms with van der Waals surface area (Å²) in [5, 5.41) is 0. The van der Waals surface area contributed by atoms with Crippen molar-refractivity contribution in [3.8, 4) is 0 Å². The maximum Gasteiger partial charge on any atom is 0.305 e. The summed E-state index contributed by atoms with van der Waals surface area (Å²) in [5.41, 5.74) is 0. The summed E-state index contributed by atoms with van der Waals surface area (Å²) in [6, 6.07) is 0. The van der Waals surface area contributed by atoms with E-state index < -0.39 is 0 Å². The Morgan fingerprint density at radius 2 is 1.18 bits per heavy atom. The standard InChI is InChI=1S/C24H50NO3/c1-5-7-9-11-13-15-17-19-24(26)28-22-20-25(3,4)23-27-21-18-16-14-12-10-8-6-2/h5-23H2,1-4H3/q+1. The predicted octanol–water partition coefficient (Wildman–Crippen LogP) is 6.47. The fourth-order valence-electron chi connectivity index (χ4n) is 3.24. The molecule has 0 aliphatic rings. The van der Waals surface area contributed by atoms with Gasteiger partial charge in [-0.25, -0.2) is 0 Å². The first-order valence-corrected chi connectivity index (χ1v) is 12.1. The molecule has 0 amide bonds. The van der Waals surface area contributed by atoms with Crippen LogP contribution in [0, 0.1) is 0 Å². The van der Waals surface area contributed by atoms with E-state index in [1.807, 2.05) is 0 Å². The highest BCUT2D eigenvalue weighted by atomic mass is 16.5. The molecule has 0 fully saturated rings. The molecule has 0 rings (SSSR count). The molecular weight excluding hydrogens is 350 g/mol. The lowest BCUT2D eigenvalue weighted by Gasteiger charge is -2.28. The second kappa shape index (κ2) is 19.7. The van der Waals surface area contributed by atoms with Gasteiger partial charge >= 0.3 is 5.97 Å². The zero-order valence-corrected chi connectivity index (χ0v) is 19.6. The number of unbranched alkanes of at least 4 members (excludes halogenated alkanes) is 12. The minimum absolute atomic E-state index is 0.0439. The summed E-state index contributed by atoms with van der Waals surface area (Å²) in [7, 11) is 4.27. The van der Waals surface area contributed by atoms with Crippen LogP contribution < -0.4 is 0 Å². The molecule has 0 radical (unpaired) electrons. The molecule has 0 spiro atoms. The smallest absolute Gasteiger partial charge is 0.305 e. The Morgan fingerprint density at radius 1 is 0.679 bits per heavy atom. The van der Waals surface area contributed by atoms with Gasteiger partial charge in [-0.1, -0.05) is 90.9 Å². The van der Waals surface area contributed by atoms with Gasteiger partial charge in [0.25, 0.3) is 0 Å². The van der Waals surface area contributed by atoms with Crippen LogP contribution in [-0.2, 0) is 14.3 Å². The molecule has 4 heteroatoms. The number of esters is 1. The molecule has 0 heterocycles. The van der Waals surface area contributed by atoms with Crippen molar-refractivity contribution in [1.82, 2.24) is 0 Å². The van der Waals surface area contributed by atoms with Crippen molar-refractivity contribution in [2.24, 2.45) is 0 Å². The van der Waals surface area contributed by atoms with Crippen LogP contribution in [0.25, 0.3) is 0 Å². The van der Waals surface area contributed by atoms with E-state index in [0.717, 1.165) is 36.9 Å². The van der Waals surface area contributed by atoms with E-state index in [2.05, 4.69) is 27.9 Å². The Morgan fingerprint density at radius 3 is 1.75 bits per heavy atom. The number of nitrogens with zero attached hydrogens (tertiary/aromatic N) is 1. The number of hydrogen-bond acceptors (Lipinski definition) is 3. The third-order valence-electron chi connectivity index (χ3n) is 5.28. The SMILES string of the molecule is CCCCCCCCCOC[N+](C)(C)CCOC(=O)CCCCCCCCC. The van der Waals surface area contributed by atoms with Gasteiger partial charge < -0.3 is 14.0 Å². The summed E-state index contributed by atoms with van der Waals surface area (Å²) < 4.78 is 12.0. The molecule has 0 aromatic carbocycles. The second-order valence-corrected chi connectivity index (χ2v) is 8.91. The number of quaternary nitrogens is 1. The molecule has 0 N–H and O–H groups in total. The Labute approximate surface area is 175 Å². The zero-order chi connectivity index (χ0) is 20.9. The van der Waals surface area contributed by atoms with Gasteiger partial charge in [0.05, 0.1) is 20.7 Å². The van der Waals surface area contributed by atoms with Crippen LogP contribution in [0.3, 0.4) is 0 Å². The number of ether oxygens (including phenoxy) is 2. The van der Waals surface area contributed by atoms with Crippen molar-refractivity contribution in [1.29, 1.82) is 0 Å². The van der Waals surface area contributed by atoms with Crippen molar-refractivity contribution in [3.05, 3.63) is 0 Å². The van der Waals surface area contributed by atoms with Crippen molar-refractivity contribution in [2.45, 2.75) is 110 Å². The number of carbonyl (C=O) groups is 1. The molecule has 28 heavy (non-hydrogen) atoms. The topological polar surface area (TPSA) is 35.5 Å². The average molecular weight is 401 g/mol. The molecule has 4 nitrogen and oxygen atoms in total. The van der Waals surface area contributed by atoms with Gasteiger partial charge in [0.15, 0.2) is 6.73 Å². The lowest BCUT2D eigenvalue weighted by Crippen LogP contribution is -2.44. The summed E-state index contributed by atoms with van der Waals surface area (Å²) in [6.45, 7) is 7.31. The Bertz CT molecular complexity index is 345. The highest BCUT2D eigenvalue weighted by Crippen LogP contribution is 2.09. The fraction of sp³-hybridized carbons (Fsp3) is 0.958. The van der Waals surface area contributed by atoms with Gasteiger partial charge in [-0.05, 0) is 12.8 Å². The number of likely N-dealkylation sites (N-methyl/N-ethyl adjacent to an activating group) is 1. The summed E-state index contributed by atoms with van der Waals surface area (Å²) in [5.74, 6) is -0.0439. The van der Waals surface area contributed by atoms with E-state index in [4.69, 9.17) is 9.47 Å². The fourth-order valence-corrected chi connectivity index (χ4v) is 3.24. The normalized spacial score (nSPS) is 11.7. The predicted molar refractivity (Wildman–Crippen MR) is 119 cm³/mol. The molecule has 0 saturated heterocycles. The molecule has 0 aromatic heterocycles. The first kappa shape index (κ1) is 27.4. The molecule has 0 unspecified atom stereocenters. The Hall–Kier alpha value is -0.610. The van der Waals surface area contributed by atoms with E-state index in [1.165, 1.54) is 70.6 Å². The second-order valence-electron chi connectivity index (χ2n) is 8.91. The van der Waals surface area contributed by atoms with E-state index in [1.54, 1.807) is 0 Å². The minimum Gasteiger partial charge on any atom is -0.460 e.